The minimum atomic E-state index is -0.598. The molecular formula is C15H24N4O2. The molecule has 0 aliphatic carbocycles. The Bertz CT molecular complexity index is 471. The second kappa shape index (κ2) is 8.24. The first-order valence-electron chi connectivity index (χ1n) is 7.25. The van der Waals surface area contributed by atoms with E-state index in [0.29, 0.717) is 5.69 Å². The Labute approximate surface area is 125 Å². The topological polar surface area (TPSA) is 83.1 Å². The summed E-state index contributed by atoms with van der Waals surface area (Å²) < 4.78 is 0. The van der Waals surface area contributed by atoms with Gasteiger partial charge in [-0.05, 0) is 39.3 Å². The SMILES string of the molecule is CCCNc1ccc(C(=O)NC(C)C(=O)NC(C)C)nc1. The monoisotopic (exact) mass is 292 g/mol. The van der Waals surface area contributed by atoms with Crippen LogP contribution < -0.4 is 16.0 Å². The summed E-state index contributed by atoms with van der Waals surface area (Å²) in [6.07, 6.45) is 2.63. The van der Waals surface area contributed by atoms with Crippen molar-refractivity contribution in [1.82, 2.24) is 15.6 Å². The van der Waals surface area contributed by atoms with Gasteiger partial charge in [0.1, 0.15) is 11.7 Å². The summed E-state index contributed by atoms with van der Waals surface area (Å²) in [7, 11) is 0. The predicted octanol–water partition coefficient (Wildman–Crippen LogP) is 1.55. The zero-order valence-corrected chi connectivity index (χ0v) is 13.1. The van der Waals surface area contributed by atoms with Crippen LogP contribution in [0.5, 0.6) is 0 Å². The molecule has 2 amide bonds. The Morgan fingerprint density at radius 2 is 1.90 bits per heavy atom. The van der Waals surface area contributed by atoms with Gasteiger partial charge in [-0.2, -0.15) is 0 Å². The molecule has 116 valence electrons. The summed E-state index contributed by atoms with van der Waals surface area (Å²) in [5.41, 5.74) is 1.17. The van der Waals surface area contributed by atoms with Gasteiger partial charge < -0.3 is 16.0 Å². The summed E-state index contributed by atoms with van der Waals surface area (Å²) in [6, 6.07) is 2.88. The molecule has 6 heteroatoms. The van der Waals surface area contributed by atoms with Crippen LogP contribution in [0.4, 0.5) is 5.69 Å². The number of nitrogens with zero attached hydrogens (tertiary/aromatic N) is 1. The van der Waals surface area contributed by atoms with Gasteiger partial charge in [-0.1, -0.05) is 6.92 Å². The van der Waals surface area contributed by atoms with Crippen LogP contribution >= 0.6 is 0 Å². The number of hydrogen-bond donors (Lipinski definition) is 3. The Morgan fingerprint density at radius 3 is 2.43 bits per heavy atom. The quantitative estimate of drug-likeness (QED) is 0.712. The van der Waals surface area contributed by atoms with Crippen molar-refractivity contribution in [3.05, 3.63) is 24.0 Å². The maximum atomic E-state index is 12.0. The van der Waals surface area contributed by atoms with E-state index in [0.717, 1.165) is 18.7 Å². The van der Waals surface area contributed by atoms with Crippen LogP contribution in [-0.4, -0.2) is 35.4 Å². The number of pyridine rings is 1. The maximum Gasteiger partial charge on any atom is 0.270 e. The number of carbonyl (C=O) groups is 2. The van der Waals surface area contributed by atoms with Gasteiger partial charge in [0, 0.05) is 12.6 Å². The highest BCUT2D eigenvalue weighted by Crippen LogP contribution is 2.06. The van der Waals surface area contributed by atoms with Gasteiger partial charge in [0.2, 0.25) is 5.91 Å². The Kier molecular flexibility index (Phi) is 6.65. The van der Waals surface area contributed by atoms with Gasteiger partial charge in [0.05, 0.1) is 11.9 Å². The normalized spacial score (nSPS) is 11.9. The van der Waals surface area contributed by atoms with Crippen molar-refractivity contribution in [3.8, 4) is 0 Å². The van der Waals surface area contributed by atoms with E-state index in [1.807, 2.05) is 13.8 Å². The lowest BCUT2D eigenvalue weighted by molar-refractivity contribution is -0.123. The summed E-state index contributed by atoms with van der Waals surface area (Å²) in [6.45, 7) is 8.32. The Hall–Kier alpha value is -2.11. The van der Waals surface area contributed by atoms with Crippen molar-refractivity contribution >= 4 is 17.5 Å². The van der Waals surface area contributed by atoms with Crippen molar-refractivity contribution in [3.63, 3.8) is 0 Å². The third kappa shape index (κ3) is 5.81. The van der Waals surface area contributed by atoms with Crippen LogP contribution in [0.1, 0.15) is 44.6 Å². The smallest absolute Gasteiger partial charge is 0.270 e. The van der Waals surface area contributed by atoms with E-state index in [-0.39, 0.29) is 17.9 Å². The van der Waals surface area contributed by atoms with Crippen LogP contribution in [0.25, 0.3) is 0 Å². The lowest BCUT2D eigenvalue weighted by Crippen LogP contribution is -2.46. The van der Waals surface area contributed by atoms with Gasteiger partial charge in [-0.15, -0.1) is 0 Å². The number of hydrogen-bond acceptors (Lipinski definition) is 4. The van der Waals surface area contributed by atoms with Gasteiger partial charge in [0.25, 0.3) is 5.91 Å². The minimum absolute atomic E-state index is 0.0406. The second-order valence-corrected chi connectivity index (χ2v) is 5.22. The molecule has 1 heterocycles. The van der Waals surface area contributed by atoms with Crippen molar-refractivity contribution in [2.75, 3.05) is 11.9 Å². The first kappa shape index (κ1) is 16.9. The molecule has 0 aliphatic heterocycles. The third-order valence-electron chi connectivity index (χ3n) is 2.75. The molecule has 1 rings (SSSR count). The van der Waals surface area contributed by atoms with E-state index in [1.165, 1.54) is 0 Å². The zero-order chi connectivity index (χ0) is 15.8. The molecule has 1 aromatic heterocycles. The molecule has 3 N–H and O–H groups in total. The summed E-state index contributed by atoms with van der Waals surface area (Å²) in [5, 5.41) is 8.56. The highest BCUT2D eigenvalue weighted by molar-refractivity contribution is 5.96. The maximum absolute atomic E-state index is 12.0. The van der Waals surface area contributed by atoms with Crippen LogP contribution in [0.2, 0.25) is 0 Å². The number of nitrogens with one attached hydrogen (secondary N) is 3. The van der Waals surface area contributed by atoms with E-state index in [2.05, 4.69) is 27.9 Å². The molecule has 21 heavy (non-hydrogen) atoms. The Balaban J connectivity index is 2.57. The molecule has 0 bridgehead atoms. The highest BCUT2D eigenvalue weighted by atomic mass is 16.2. The number of rotatable bonds is 7. The van der Waals surface area contributed by atoms with Crippen LogP contribution in [0.3, 0.4) is 0 Å². The van der Waals surface area contributed by atoms with Gasteiger partial charge >= 0.3 is 0 Å². The molecule has 0 radical (unpaired) electrons. The van der Waals surface area contributed by atoms with Gasteiger partial charge in [0.15, 0.2) is 0 Å². The minimum Gasteiger partial charge on any atom is -0.384 e. The van der Waals surface area contributed by atoms with E-state index >= 15 is 0 Å². The van der Waals surface area contributed by atoms with E-state index in [1.54, 1.807) is 25.3 Å². The summed E-state index contributed by atoms with van der Waals surface area (Å²) in [5.74, 6) is -0.567. The van der Waals surface area contributed by atoms with Crippen molar-refractivity contribution in [1.29, 1.82) is 0 Å². The fourth-order valence-electron chi connectivity index (χ4n) is 1.65. The first-order chi connectivity index (χ1) is 9.93. The number of anilines is 1. The van der Waals surface area contributed by atoms with Gasteiger partial charge in [-0.25, -0.2) is 4.98 Å². The van der Waals surface area contributed by atoms with Gasteiger partial charge in [-0.3, -0.25) is 9.59 Å². The molecule has 6 nitrogen and oxygen atoms in total. The van der Waals surface area contributed by atoms with Crippen molar-refractivity contribution in [2.45, 2.75) is 46.2 Å². The summed E-state index contributed by atoms with van der Waals surface area (Å²) in [4.78, 5) is 27.8. The molecule has 0 spiro atoms. The highest BCUT2D eigenvalue weighted by Gasteiger charge is 2.17. The zero-order valence-electron chi connectivity index (χ0n) is 13.1. The van der Waals surface area contributed by atoms with Crippen molar-refractivity contribution in [2.24, 2.45) is 0 Å². The fourth-order valence-corrected chi connectivity index (χ4v) is 1.65. The summed E-state index contributed by atoms with van der Waals surface area (Å²) >= 11 is 0. The van der Waals surface area contributed by atoms with E-state index in [9.17, 15) is 9.59 Å². The third-order valence-corrected chi connectivity index (χ3v) is 2.75. The lowest BCUT2D eigenvalue weighted by atomic mass is 10.2. The fraction of sp³-hybridized carbons (Fsp3) is 0.533. The van der Waals surface area contributed by atoms with E-state index in [4.69, 9.17) is 0 Å². The molecule has 0 aromatic carbocycles. The Morgan fingerprint density at radius 1 is 1.19 bits per heavy atom. The molecule has 0 saturated heterocycles. The predicted molar refractivity (Wildman–Crippen MR) is 83.2 cm³/mol. The van der Waals surface area contributed by atoms with Crippen LogP contribution in [0, 0.1) is 0 Å². The standard InChI is InChI=1S/C15H24N4O2/c1-5-8-16-12-6-7-13(17-9-12)15(21)19-11(4)14(20)18-10(2)3/h6-7,9-11,16H,5,8H2,1-4H3,(H,18,20)(H,19,21). The van der Waals surface area contributed by atoms with E-state index < -0.39 is 6.04 Å². The number of carbonyl (C=O) groups excluding carboxylic acids is 2. The van der Waals surface area contributed by atoms with Crippen molar-refractivity contribution < 1.29 is 9.59 Å². The van der Waals surface area contributed by atoms with Crippen LogP contribution in [-0.2, 0) is 4.79 Å². The number of aromatic nitrogens is 1. The molecule has 1 aromatic rings. The number of amides is 2. The first-order valence-corrected chi connectivity index (χ1v) is 7.25. The average molecular weight is 292 g/mol. The molecule has 0 fully saturated rings. The lowest BCUT2D eigenvalue weighted by Gasteiger charge is -2.15. The molecule has 1 atom stereocenters. The van der Waals surface area contributed by atoms with Crippen LogP contribution in [0.15, 0.2) is 18.3 Å². The average Bonchev–Trinajstić information content (AvgIpc) is 2.44. The largest absolute Gasteiger partial charge is 0.384 e. The molecule has 0 saturated carbocycles. The molecule has 0 aliphatic rings. The second-order valence-electron chi connectivity index (χ2n) is 5.22. The molecular weight excluding hydrogens is 268 g/mol. The molecule has 1 unspecified atom stereocenters.